The number of primary amides is 1. The van der Waals surface area contributed by atoms with Crippen LogP contribution in [0.4, 0.5) is 5.69 Å². The van der Waals surface area contributed by atoms with Gasteiger partial charge < -0.3 is 16.6 Å². The van der Waals surface area contributed by atoms with Crippen molar-refractivity contribution in [2.24, 2.45) is 11.7 Å². The second-order valence-electron chi connectivity index (χ2n) is 5.15. The largest absolute Gasteiger partial charge is 0.396 e. The van der Waals surface area contributed by atoms with Crippen molar-refractivity contribution < 1.29 is 9.90 Å². The summed E-state index contributed by atoms with van der Waals surface area (Å²) in [4.78, 5) is 13.3. The molecule has 2 heterocycles. The van der Waals surface area contributed by atoms with Gasteiger partial charge in [-0.2, -0.15) is 5.10 Å². The van der Waals surface area contributed by atoms with Crippen molar-refractivity contribution in [1.82, 2.24) is 14.7 Å². The van der Waals surface area contributed by atoms with E-state index >= 15 is 0 Å². The Morgan fingerprint density at radius 1 is 1.58 bits per heavy atom. The molecule has 19 heavy (non-hydrogen) atoms. The standard InChI is InChI=1S/C12H21N5O2/c13-10-4-15-17(6-10)8-11(18)7-16-3-1-2-9(5-16)12(14)19/h4,6,9,11,18H,1-3,5,7-8,13H2,(H2,14,19). The maximum Gasteiger partial charge on any atom is 0.221 e. The Labute approximate surface area is 112 Å². The summed E-state index contributed by atoms with van der Waals surface area (Å²) in [6.45, 7) is 2.44. The lowest BCUT2D eigenvalue weighted by Gasteiger charge is -2.32. The van der Waals surface area contributed by atoms with Gasteiger partial charge in [0, 0.05) is 19.3 Å². The summed E-state index contributed by atoms with van der Waals surface area (Å²) < 4.78 is 1.62. The van der Waals surface area contributed by atoms with E-state index in [0.717, 1.165) is 19.4 Å². The number of nitrogens with two attached hydrogens (primary N) is 2. The number of rotatable bonds is 5. The number of likely N-dealkylation sites (tertiary alicyclic amines) is 1. The van der Waals surface area contributed by atoms with E-state index in [2.05, 4.69) is 10.00 Å². The van der Waals surface area contributed by atoms with E-state index in [4.69, 9.17) is 11.5 Å². The van der Waals surface area contributed by atoms with Crippen LogP contribution in [0.2, 0.25) is 0 Å². The molecule has 7 heteroatoms. The number of piperidine rings is 1. The fourth-order valence-electron chi connectivity index (χ4n) is 2.50. The van der Waals surface area contributed by atoms with E-state index in [1.54, 1.807) is 17.1 Å². The predicted molar refractivity (Wildman–Crippen MR) is 71.0 cm³/mol. The van der Waals surface area contributed by atoms with Gasteiger partial charge in [0.25, 0.3) is 0 Å². The van der Waals surface area contributed by atoms with E-state index in [9.17, 15) is 9.90 Å². The SMILES string of the molecule is NC(=O)C1CCCN(CC(O)Cn2cc(N)cn2)C1. The van der Waals surface area contributed by atoms with Crippen molar-refractivity contribution in [3.8, 4) is 0 Å². The lowest BCUT2D eigenvalue weighted by molar-refractivity contribution is -0.123. The summed E-state index contributed by atoms with van der Waals surface area (Å²) in [5.41, 5.74) is 11.5. The third-order valence-electron chi connectivity index (χ3n) is 3.43. The van der Waals surface area contributed by atoms with Crippen LogP contribution in [0.3, 0.4) is 0 Å². The average molecular weight is 267 g/mol. The van der Waals surface area contributed by atoms with Crippen LogP contribution in [-0.4, -0.2) is 51.4 Å². The van der Waals surface area contributed by atoms with Crippen LogP contribution in [0.25, 0.3) is 0 Å². The minimum atomic E-state index is -0.536. The molecule has 2 atom stereocenters. The lowest BCUT2D eigenvalue weighted by Crippen LogP contribution is -2.44. The molecule has 0 radical (unpaired) electrons. The van der Waals surface area contributed by atoms with Crippen LogP contribution in [-0.2, 0) is 11.3 Å². The highest BCUT2D eigenvalue weighted by atomic mass is 16.3. The average Bonchev–Trinajstić information content (AvgIpc) is 2.74. The molecule has 2 rings (SSSR count). The first-order chi connectivity index (χ1) is 9.04. The van der Waals surface area contributed by atoms with Crippen molar-refractivity contribution in [3.63, 3.8) is 0 Å². The fraction of sp³-hybridized carbons (Fsp3) is 0.667. The number of aliphatic hydroxyl groups is 1. The van der Waals surface area contributed by atoms with Gasteiger partial charge in [-0.1, -0.05) is 0 Å². The highest BCUT2D eigenvalue weighted by molar-refractivity contribution is 5.76. The summed E-state index contributed by atoms with van der Waals surface area (Å²) in [6, 6.07) is 0. The van der Waals surface area contributed by atoms with Crippen molar-refractivity contribution in [2.75, 3.05) is 25.4 Å². The van der Waals surface area contributed by atoms with Gasteiger partial charge in [-0.25, -0.2) is 0 Å². The van der Waals surface area contributed by atoms with Crippen LogP contribution in [0.5, 0.6) is 0 Å². The van der Waals surface area contributed by atoms with Gasteiger partial charge >= 0.3 is 0 Å². The maximum atomic E-state index is 11.2. The smallest absolute Gasteiger partial charge is 0.221 e. The molecule has 1 aromatic heterocycles. The van der Waals surface area contributed by atoms with E-state index in [1.807, 2.05) is 0 Å². The summed E-state index contributed by atoms with van der Waals surface area (Å²) in [5.74, 6) is -0.347. The molecule has 1 aliphatic heterocycles. The topological polar surface area (TPSA) is 110 Å². The number of nitrogen functional groups attached to an aromatic ring is 1. The second kappa shape index (κ2) is 6.03. The van der Waals surface area contributed by atoms with Gasteiger partial charge in [-0.3, -0.25) is 14.4 Å². The van der Waals surface area contributed by atoms with E-state index in [-0.39, 0.29) is 11.8 Å². The number of hydrogen-bond acceptors (Lipinski definition) is 5. The van der Waals surface area contributed by atoms with Crippen LogP contribution in [0.1, 0.15) is 12.8 Å². The molecule has 1 aromatic rings. The third-order valence-corrected chi connectivity index (χ3v) is 3.43. The van der Waals surface area contributed by atoms with E-state index < -0.39 is 6.10 Å². The number of aromatic nitrogens is 2. The van der Waals surface area contributed by atoms with Gasteiger partial charge in [0.1, 0.15) is 0 Å². The number of amides is 1. The van der Waals surface area contributed by atoms with Crippen LogP contribution < -0.4 is 11.5 Å². The number of carbonyl (C=O) groups is 1. The summed E-state index contributed by atoms with van der Waals surface area (Å²) in [6.07, 6.45) is 4.49. The Morgan fingerprint density at radius 3 is 3.00 bits per heavy atom. The van der Waals surface area contributed by atoms with Crippen molar-refractivity contribution in [2.45, 2.75) is 25.5 Å². The summed E-state index contributed by atoms with van der Waals surface area (Å²) in [5, 5.41) is 14.1. The quantitative estimate of drug-likeness (QED) is 0.635. The Kier molecular flexibility index (Phi) is 4.39. The zero-order valence-corrected chi connectivity index (χ0v) is 10.9. The number of β-amino-alcohol motifs (C(OH)–C–C–N with tert-alkyl or cyclic N) is 1. The molecule has 0 spiro atoms. The first kappa shape index (κ1) is 13.8. The minimum absolute atomic E-state index is 0.0960. The Morgan fingerprint density at radius 2 is 2.37 bits per heavy atom. The van der Waals surface area contributed by atoms with Crippen molar-refractivity contribution >= 4 is 11.6 Å². The second-order valence-corrected chi connectivity index (χ2v) is 5.15. The predicted octanol–water partition coefficient (Wildman–Crippen LogP) is -0.976. The highest BCUT2D eigenvalue weighted by Gasteiger charge is 2.25. The molecule has 0 bridgehead atoms. The molecule has 0 aromatic carbocycles. The third kappa shape index (κ3) is 3.93. The lowest BCUT2D eigenvalue weighted by atomic mass is 9.97. The minimum Gasteiger partial charge on any atom is -0.396 e. The van der Waals surface area contributed by atoms with Gasteiger partial charge in [0.2, 0.25) is 5.91 Å². The van der Waals surface area contributed by atoms with Crippen molar-refractivity contribution in [1.29, 1.82) is 0 Å². The molecule has 1 fully saturated rings. The monoisotopic (exact) mass is 267 g/mol. The summed E-state index contributed by atoms with van der Waals surface area (Å²) in [7, 11) is 0. The van der Waals surface area contributed by atoms with E-state index in [1.165, 1.54) is 0 Å². The van der Waals surface area contributed by atoms with Gasteiger partial charge in [-0.05, 0) is 19.4 Å². The first-order valence-corrected chi connectivity index (χ1v) is 6.52. The molecule has 1 aliphatic rings. The molecule has 1 amide bonds. The van der Waals surface area contributed by atoms with Crippen molar-refractivity contribution in [3.05, 3.63) is 12.4 Å². The molecule has 5 N–H and O–H groups in total. The highest BCUT2D eigenvalue weighted by Crippen LogP contribution is 2.16. The fourth-order valence-corrected chi connectivity index (χ4v) is 2.50. The molecular formula is C12H21N5O2. The number of aliphatic hydroxyl groups excluding tert-OH is 1. The Balaban J connectivity index is 1.81. The Bertz CT molecular complexity index is 434. The van der Waals surface area contributed by atoms with E-state index in [0.29, 0.717) is 25.3 Å². The maximum absolute atomic E-state index is 11.2. The molecule has 0 saturated carbocycles. The first-order valence-electron chi connectivity index (χ1n) is 6.52. The number of hydrogen-bond donors (Lipinski definition) is 3. The van der Waals surface area contributed by atoms with Crippen LogP contribution in [0, 0.1) is 5.92 Å². The molecular weight excluding hydrogens is 246 g/mol. The van der Waals surface area contributed by atoms with Crippen LogP contribution in [0.15, 0.2) is 12.4 Å². The number of nitrogens with zero attached hydrogens (tertiary/aromatic N) is 3. The molecule has 1 saturated heterocycles. The number of carbonyl (C=O) groups excluding carboxylic acids is 1. The number of anilines is 1. The van der Waals surface area contributed by atoms with Gasteiger partial charge in [0.15, 0.2) is 0 Å². The molecule has 2 unspecified atom stereocenters. The normalized spacial score (nSPS) is 22.3. The molecule has 7 nitrogen and oxygen atoms in total. The molecule has 106 valence electrons. The molecule has 0 aliphatic carbocycles. The zero-order valence-electron chi connectivity index (χ0n) is 10.9. The van der Waals surface area contributed by atoms with Crippen LogP contribution >= 0.6 is 0 Å². The van der Waals surface area contributed by atoms with Gasteiger partial charge in [-0.15, -0.1) is 0 Å². The summed E-state index contributed by atoms with van der Waals surface area (Å²) >= 11 is 0. The van der Waals surface area contributed by atoms with Gasteiger partial charge in [0.05, 0.1) is 30.5 Å². The Hall–Kier alpha value is -1.60. The zero-order chi connectivity index (χ0) is 13.8.